The van der Waals surface area contributed by atoms with Crippen LogP contribution in [0, 0.1) is 11.8 Å². The lowest BCUT2D eigenvalue weighted by atomic mass is 9.95. The maximum absolute atomic E-state index is 12.4. The molecule has 8 heteroatoms. The first-order chi connectivity index (χ1) is 11.0. The SMILES string of the molecule is CCc1noc2ncc(S(=O)(=O)NCC[C@@H]3CNC[C@H]3C)cc12. The molecule has 0 spiro atoms. The van der Waals surface area contributed by atoms with E-state index in [1.165, 1.54) is 6.20 Å². The molecule has 126 valence electrons. The van der Waals surface area contributed by atoms with Crippen molar-refractivity contribution in [3.8, 4) is 0 Å². The number of nitrogens with zero attached hydrogens (tertiary/aromatic N) is 2. The lowest BCUT2D eigenvalue weighted by molar-refractivity contribution is 0.421. The van der Waals surface area contributed by atoms with Gasteiger partial charge < -0.3 is 9.84 Å². The van der Waals surface area contributed by atoms with Crippen LogP contribution in [0.25, 0.3) is 11.1 Å². The molecule has 0 aromatic carbocycles. The van der Waals surface area contributed by atoms with Gasteiger partial charge in [-0.05, 0) is 43.8 Å². The van der Waals surface area contributed by atoms with Crippen LogP contribution >= 0.6 is 0 Å². The van der Waals surface area contributed by atoms with E-state index < -0.39 is 10.0 Å². The molecule has 23 heavy (non-hydrogen) atoms. The van der Waals surface area contributed by atoms with E-state index in [0.717, 1.165) is 25.2 Å². The monoisotopic (exact) mass is 338 g/mol. The fourth-order valence-corrected chi connectivity index (χ4v) is 3.99. The molecule has 7 nitrogen and oxygen atoms in total. The van der Waals surface area contributed by atoms with Crippen LogP contribution in [-0.4, -0.2) is 38.2 Å². The minimum atomic E-state index is -3.57. The van der Waals surface area contributed by atoms with Crippen molar-refractivity contribution in [3.63, 3.8) is 0 Å². The second-order valence-electron chi connectivity index (χ2n) is 6.09. The van der Waals surface area contributed by atoms with Crippen molar-refractivity contribution in [3.05, 3.63) is 18.0 Å². The topological polar surface area (TPSA) is 97.1 Å². The Bertz CT molecular complexity index is 787. The van der Waals surface area contributed by atoms with Gasteiger partial charge in [-0.1, -0.05) is 19.0 Å². The molecule has 1 fully saturated rings. The highest BCUT2D eigenvalue weighted by Crippen LogP contribution is 2.21. The average molecular weight is 338 g/mol. The Morgan fingerprint density at radius 3 is 2.96 bits per heavy atom. The Morgan fingerprint density at radius 2 is 2.26 bits per heavy atom. The summed E-state index contributed by atoms with van der Waals surface area (Å²) in [6, 6.07) is 1.58. The summed E-state index contributed by atoms with van der Waals surface area (Å²) in [5.74, 6) is 1.10. The highest BCUT2D eigenvalue weighted by molar-refractivity contribution is 7.89. The highest BCUT2D eigenvalue weighted by Gasteiger charge is 2.24. The maximum Gasteiger partial charge on any atom is 0.258 e. The smallest absolute Gasteiger partial charge is 0.258 e. The number of aryl methyl sites for hydroxylation is 1. The fraction of sp³-hybridized carbons (Fsp3) is 0.600. The molecule has 1 saturated heterocycles. The first kappa shape index (κ1) is 16.4. The van der Waals surface area contributed by atoms with E-state index in [2.05, 4.69) is 27.1 Å². The molecule has 1 aliphatic heterocycles. The zero-order valence-corrected chi connectivity index (χ0v) is 14.2. The maximum atomic E-state index is 12.4. The van der Waals surface area contributed by atoms with E-state index in [-0.39, 0.29) is 4.90 Å². The number of fused-ring (bicyclic) bond motifs is 1. The summed E-state index contributed by atoms with van der Waals surface area (Å²) in [5, 5.41) is 7.88. The quantitative estimate of drug-likeness (QED) is 0.824. The van der Waals surface area contributed by atoms with Crippen molar-refractivity contribution in [2.75, 3.05) is 19.6 Å². The van der Waals surface area contributed by atoms with Gasteiger partial charge in [-0.2, -0.15) is 0 Å². The van der Waals surface area contributed by atoms with Crippen LogP contribution in [0.3, 0.4) is 0 Å². The van der Waals surface area contributed by atoms with Gasteiger partial charge in [-0.3, -0.25) is 0 Å². The van der Waals surface area contributed by atoms with E-state index in [1.54, 1.807) is 6.07 Å². The number of hydrogen-bond acceptors (Lipinski definition) is 6. The molecule has 2 aromatic heterocycles. The molecule has 0 saturated carbocycles. The predicted molar refractivity (Wildman–Crippen MR) is 86.5 cm³/mol. The first-order valence-corrected chi connectivity index (χ1v) is 9.44. The molecular weight excluding hydrogens is 316 g/mol. The zero-order chi connectivity index (χ0) is 16.4. The number of pyridine rings is 1. The third-order valence-corrected chi connectivity index (χ3v) is 5.94. The zero-order valence-electron chi connectivity index (χ0n) is 13.4. The van der Waals surface area contributed by atoms with Crippen LogP contribution in [0.15, 0.2) is 21.7 Å². The number of aromatic nitrogens is 2. The Kier molecular flexibility index (Phi) is 4.65. The van der Waals surface area contributed by atoms with E-state index in [0.29, 0.717) is 35.9 Å². The Morgan fingerprint density at radius 1 is 1.43 bits per heavy atom. The Labute approximate surface area is 135 Å². The Hall–Kier alpha value is -1.51. The molecule has 2 N–H and O–H groups in total. The number of sulfonamides is 1. The number of rotatable bonds is 6. The number of nitrogens with one attached hydrogen (secondary N) is 2. The summed E-state index contributed by atoms with van der Waals surface area (Å²) in [6.07, 6.45) is 2.81. The predicted octanol–water partition coefficient (Wildman–Crippen LogP) is 1.31. The molecule has 0 bridgehead atoms. The summed E-state index contributed by atoms with van der Waals surface area (Å²) in [5.41, 5.74) is 1.09. The molecule has 3 rings (SSSR count). The van der Waals surface area contributed by atoms with Crippen LogP contribution in [0.1, 0.15) is 26.0 Å². The summed E-state index contributed by atoms with van der Waals surface area (Å²) in [7, 11) is -3.57. The standard InChI is InChI=1S/C15H22N4O3S/c1-3-14-13-6-12(9-17-15(13)22-19-14)23(20,21)18-5-4-11-8-16-7-10(11)2/h6,9-11,16,18H,3-5,7-8H2,1-2H3/t10-,11-/m1/s1. The van der Waals surface area contributed by atoms with Gasteiger partial charge in [0, 0.05) is 6.54 Å². The second kappa shape index (κ2) is 6.54. The van der Waals surface area contributed by atoms with Gasteiger partial charge in [0.15, 0.2) is 0 Å². The summed E-state index contributed by atoms with van der Waals surface area (Å²) in [6.45, 7) is 6.52. The molecule has 0 radical (unpaired) electrons. The van der Waals surface area contributed by atoms with Gasteiger partial charge >= 0.3 is 0 Å². The normalized spacial score (nSPS) is 22.0. The van der Waals surface area contributed by atoms with Gasteiger partial charge in [0.05, 0.1) is 17.3 Å². The summed E-state index contributed by atoms with van der Waals surface area (Å²) in [4.78, 5) is 4.21. The van der Waals surface area contributed by atoms with E-state index in [4.69, 9.17) is 4.52 Å². The van der Waals surface area contributed by atoms with Gasteiger partial charge in [-0.15, -0.1) is 0 Å². The molecule has 0 aliphatic carbocycles. The average Bonchev–Trinajstić information content (AvgIpc) is 3.12. The molecular formula is C15H22N4O3S. The molecule has 0 unspecified atom stereocenters. The third-order valence-electron chi connectivity index (χ3n) is 4.51. The summed E-state index contributed by atoms with van der Waals surface area (Å²) < 4.78 is 32.6. The fourth-order valence-electron chi connectivity index (χ4n) is 2.97. The Balaban J connectivity index is 1.71. The molecule has 0 amide bonds. The van der Waals surface area contributed by atoms with Crippen molar-refractivity contribution in [1.82, 2.24) is 20.2 Å². The van der Waals surface area contributed by atoms with E-state index >= 15 is 0 Å². The van der Waals surface area contributed by atoms with Crippen molar-refractivity contribution in [2.24, 2.45) is 11.8 Å². The molecule has 1 aliphatic rings. The van der Waals surface area contributed by atoms with Gasteiger partial charge in [0.1, 0.15) is 4.90 Å². The van der Waals surface area contributed by atoms with Crippen LogP contribution in [0.2, 0.25) is 0 Å². The van der Waals surface area contributed by atoms with Gasteiger partial charge in [0.2, 0.25) is 10.0 Å². The first-order valence-electron chi connectivity index (χ1n) is 7.96. The van der Waals surface area contributed by atoms with E-state index in [9.17, 15) is 8.42 Å². The van der Waals surface area contributed by atoms with Crippen molar-refractivity contribution in [2.45, 2.75) is 31.6 Å². The molecule has 2 aromatic rings. The highest BCUT2D eigenvalue weighted by atomic mass is 32.2. The summed E-state index contributed by atoms with van der Waals surface area (Å²) >= 11 is 0. The van der Waals surface area contributed by atoms with Crippen molar-refractivity contribution >= 4 is 21.1 Å². The van der Waals surface area contributed by atoms with Crippen LogP contribution in [0.5, 0.6) is 0 Å². The van der Waals surface area contributed by atoms with Crippen molar-refractivity contribution < 1.29 is 12.9 Å². The van der Waals surface area contributed by atoms with Crippen LogP contribution in [-0.2, 0) is 16.4 Å². The van der Waals surface area contributed by atoms with Crippen LogP contribution < -0.4 is 10.0 Å². The van der Waals surface area contributed by atoms with E-state index in [1.807, 2.05) is 6.92 Å². The van der Waals surface area contributed by atoms with Gasteiger partial charge in [0.25, 0.3) is 5.71 Å². The largest absolute Gasteiger partial charge is 0.336 e. The van der Waals surface area contributed by atoms with Gasteiger partial charge in [-0.25, -0.2) is 18.1 Å². The third kappa shape index (κ3) is 3.39. The lowest BCUT2D eigenvalue weighted by Crippen LogP contribution is -2.27. The lowest BCUT2D eigenvalue weighted by Gasteiger charge is -2.14. The second-order valence-corrected chi connectivity index (χ2v) is 7.86. The minimum absolute atomic E-state index is 0.153. The minimum Gasteiger partial charge on any atom is -0.336 e. The molecule has 3 heterocycles. The number of hydrogen-bond donors (Lipinski definition) is 2. The van der Waals surface area contributed by atoms with Crippen molar-refractivity contribution in [1.29, 1.82) is 0 Å². The van der Waals surface area contributed by atoms with Crippen LogP contribution in [0.4, 0.5) is 0 Å². The molecule has 2 atom stereocenters.